The van der Waals surface area contributed by atoms with Gasteiger partial charge in [0, 0.05) is 25.2 Å². The van der Waals surface area contributed by atoms with Crippen molar-refractivity contribution in [1.29, 1.82) is 0 Å². The lowest BCUT2D eigenvalue weighted by molar-refractivity contribution is 0.185. The Morgan fingerprint density at radius 3 is 2.28 bits per heavy atom. The van der Waals surface area contributed by atoms with Crippen LogP contribution in [0.3, 0.4) is 0 Å². The lowest BCUT2D eigenvalue weighted by atomic mass is 9.89. The Balaban J connectivity index is 1.62. The van der Waals surface area contributed by atoms with Gasteiger partial charge in [-0.3, -0.25) is 0 Å². The van der Waals surface area contributed by atoms with E-state index in [4.69, 9.17) is 0 Å². The summed E-state index contributed by atoms with van der Waals surface area (Å²) in [6, 6.07) is 1.50. The molecule has 2 rings (SSSR count). The summed E-state index contributed by atoms with van der Waals surface area (Å²) in [4.78, 5) is 2.58. The second-order valence-corrected chi connectivity index (χ2v) is 6.68. The molecule has 2 aliphatic carbocycles. The first-order chi connectivity index (χ1) is 8.75. The van der Waals surface area contributed by atoms with Crippen molar-refractivity contribution in [3.63, 3.8) is 0 Å². The van der Waals surface area contributed by atoms with Crippen LogP contribution in [0.4, 0.5) is 0 Å². The molecule has 0 aromatic carbocycles. The van der Waals surface area contributed by atoms with Crippen molar-refractivity contribution in [1.82, 2.24) is 10.2 Å². The maximum atomic E-state index is 3.76. The molecule has 18 heavy (non-hydrogen) atoms. The fraction of sp³-hybridized carbons (Fsp3) is 1.00. The molecule has 0 radical (unpaired) electrons. The topological polar surface area (TPSA) is 15.3 Å². The van der Waals surface area contributed by atoms with Gasteiger partial charge in [0.25, 0.3) is 0 Å². The molecule has 2 nitrogen and oxygen atoms in total. The van der Waals surface area contributed by atoms with Crippen molar-refractivity contribution >= 4 is 0 Å². The van der Waals surface area contributed by atoms with Crippen LogP contribution < -0.4 is 5.32 Å². The van der Waals surface area contributed by atoms with Crippen LogP contribution in [0.2, 0.25) is 0 Å². The Morgan fingerprint density at radius 1 is 1.00 bits per heavy atom. The van der Waals surface area contributed by atoms with Gasteiger partial charge in [-0.1, -0.05) is 32.1 Å². The molecule has 2 aliphatic rings. The number of nitrogens with zero attached hydrogens (tertiary/aromatic N) is 1. The molecular weight excluding hydrogens is 220 g/mol. The van der Waals surface area contributed by atoms with Crippen molar-refractivity contribution in [3.8, 4) is 0 Å². The van der Waals surface area contributed by atoms with Crippen LogP contribution in [0.1, 0.15) is 64.7 Å². The highest BCUT2D eigenvalue weighted by atomic mass is 15.1. The summed E-state index contributed by atoms with van der Waals surface area (Å²) in [6.07, 6.45) is 13.0. The summed E-state index contributed by atoms with van der Waals surface area (Å²) in [6.45, 7) is 4.87. The number of rotatable bonds is 6. The number of hydrogen-bond donors (Lipinski definition) is 1. The summed E-state index contributed by atoms with van der Waals surface area (Å²) in [5, 5.41) is 3.76. The van der Waals surface area contributed by atoms with E-state index in [9.17, 15) is 0 Å². The minimum Gasteiger partial charge on any atom is -0.312 e. The molecule has 1 N–H and O–H groups in total. The quantitative estimate of drug-likeness (QED) is 0.779. The van der Waals surface area contributed by atoms with Crippen molar-refractivity contribution < 1.29 is 0 Å². The average Bonchev–Trinajstić information content (AvgIpc) is 2.90. The van der Waals surface area contributed by atoms with Gasteiger partial charge in [-0.2, -0.15) is 0 Å². The van der Waals surface area contributed by atoms with E-state index in [2.05, 4.69) is 24.2 Å². The van der Waals surface area contributed by atoms with Crippen LogP contribution in [0.25, 0.3) is 0 Å². The summed E-state index contributed by atoms with van der Waals surface area (Å²) in [5.41, 5.74) is 0. The minimum atomic E-state index is 0.688. The lowest BCUT2D eigenvalue weighted by Gasteiger charge is -2.31. The molecule has 0 aliphatic heterocycles. The van der Waals surface area contributed by atoms with Gasteiger partial charge in [-0.25, -0.2) is 0 Å². The Kier molecular flexibility index (Phi) is 5.97. The van der Waals surface area contributed by atoms with E-state index in [0.29, 0.717) is 6.04 Å². The van der Waals surface area contributed by atoms with Crippen LogP contribution in [0, 0.1) is 5.92 Å². The minimum absolute atomic E-state index is 0.688. The zero-order valence-corrected chi connectivity index (χ0v) is 12.5. The Bertz CT molecular complexity index is 217. The normalized spacial score (nSPS) is 24.8. The third-order valence-electron chi connectivity index (χ3n) is 5.08. The predicted octanol–water partition coefficient (Wildman–Crippen LogP) is 3.42. The van der Waals surface area contributed by atoms with Crippen LogP contribution in [0.15, 0.2) is 0 Å². The van der Waals surface area contributed by atoms with Gasteiger partial charge in [-0.15, -0.1) is 0 Å². The standard InChI is InChI=1S/C16H32N2/c1-14(12-17-16-10-6-7-11-16)18(2)13-15-8-4-3-5-9-15/h14-17H,3-13H2,1-2H3. The van der Waals surface area contributed by atoms with E-state index in [1.165, 1.54) is 70.9 Å². The van der Waals surface area contributed by atoms with E-state index in [0.717, 1.165) is 12.0 Å². The molecule has 2 fully saturated rings. The highest BCUT2D eigenvalue weighted by Gasteiger charge is 2.19. The van der Waals surface area contributed by atoms with E-state index in [1.54, 1.807) is 0 Å². The third kappa shape index (κ3) is 4.55. The maximum Gasteiger partial charge on any atom is 0.0189 e. The largest absolute Gasteiger partial charge is 0.312 e. The van der Waals surface area contributed by atoms with E-state index >= 15 is 0 Å². The summed E-state index contributed by atoms with van der Waals surface area (Å²) < 4.78 is 0. The average molecular weight is 252 g/mol. The molecule has 0 saturated heterocycles. The fourth-order valence-corrected chi connectivity index (χ4v) is 3.58. The number of nitrogens with one attached hydrogen (secondary N) is 1. The predicted molar refractivity (Wildman–Crippen MR) is 78.9 cm³/mol. The second kappa shape index (κ2) is 7.49. The fourth-order valence-electron chi connectivity index (χ4n) is 3.58. The van der Waals surface area contributed by atoms with Gasteiger partial charge >= 0.3 is 0 Å². The highest BCUT2D eigenvalue weighted by Crippen LogP contribution is 2.24. The molecule has 1 atom stereocenters. The summed E-state index contributed by atoms with van der Waals surface area (Å²) in [7, 11) is 2.32. The molecule has 1 unspecified atom stereocenters. The van der Waals surface area contributed by atoms with E-state index in [1.807, 2.05) is 0 Å². The van der Waals surface area contributed by atoms with Gasteiger partial charge in [0.05, 0.1) is 0 Å². The zero-order valence-electron chi connectivity index (χ0n) is 12.5. The van der Waals surface area contributed by atoms with Gasteiger partial charge < -0.3 is 10.2 Å². The SMILES string of the molecule is CC(CNC1CCCC1)N(C)CC1CCCCC1. The first kappa shape index (κ1) is 14.3. The van der Waals surface area contributed by atoms with E-state index in [-0.39, 0.29) is 0 Å². The van der Waals surface area contributed by atoms with E-state index < -0.39 is 0 Å². The van der Waals surface area contributed by atoms with Crippen LogP contribution in [-0.4, -0.2) is 37.1 Å². The molecule has 2 saturated carbocycles. The van der Waals surface area contributed by atoms with Gasteiger partial charge in [0.2, 0.25) is 0 Å². The Morgan fingerprint density at radius 2 is 1.61 bits per heavy atom. The smallest absolute Gasteiger partial charge is 0.0189 e. The Hall–Kier alpha value is -0.0800. The van der Waals surface area contributed by atoms with Crippen molar-refractivity contribution in [3.05, 3.63) is 0 Å². The van der Waals surface area contributed by atoms with Crippen LogP contribution in [-0.2, 0) is 0 Å². The zero-order chi connectivity index (χ0) is 12.8. The molecular formula is C16H32N2. The molecule has 2 heteroatoms. The second-order valence-electron chi connectivity index (χ2n) is 6.68. The van der Waals surface area contributed by atoms with Gasteiger partial charge in [0.1, 0.15) is 0 Å². The lowest BCUT2D eigenvalue weighted by Crippen LogP contribution is -2.43. The number of likely N-dealkylation sites (N-methyl/N-ethyl adjacent to an activating group) is 1. The number of hydrogen-bond acceptors (Lipinski definition) is 2. The monoisotopic (exact) mass is 252 g/mol. The first-order valence-electron chi connectivity index (χ1n) is 8.19. The molecule has 0 aromatic heterocycles. The molecule has 0 aromatic rings. The first-order valence-corrected chi connectivity index (χ1v) is 8.19. The molecule has 0 heterocycles. The molecule has 106 valence electrons. The van der Waals surface area contributed by atoms with Crippen LogP contribution >= 0.6 is 0 Å². The molecule has 0 spiro atoms. The molecule has 0 bridgehead atoms. The van der Waals surface area contributed by atoms with Gasteiger partial charge in [-0.05, 0) is 45.6 Å². The van der Waals surface area contributed by atoms with Crippen molar-refractivity contribution in [2.75, 3.05) is 20.1 Å². The van der Waals surface area contributed by atoms with Crippen molar-refractivity contribution in [2.24, 2.45) is 5.92 Å². The Labute approximate surface area is 114 Å². The third-order valence-corrected chi connectivity index (χ3v) is 5.08. The summed E-state index contributed by atoms with van der Waals surface area (Å²) in [5.74, 6) is 0.970. The maximum absolute atomic E-state index is 3.76. The summed E-state index contributed by atoms with van der Waals surface area (Å²) >= 11 is 0. The molecule has 0 amide bonds. The highest BCUT2D eigenvalue weighted by molar-refractivity contribution is 4.78. The van der Waals surface area contributed by atoms with Crippen molar-refractivity contribution in [2.45, 2.75) is 76.8 Å². The van der Waals surface area contributed by atoms with Crippen LogP contribution in [0.5, 0.6) is 0 Å². The van der Waals surface area contributed by atoms with Gasteiger partial charge in [0.15, 0.2) is 0 Å².